The minimum absolute atomic E-state index is 0.0868. The van der Waals surface area contributed by atoms with Crippen molar-refractivity contribution in [2.24, 2.45) is 5.92 Å². The van der Waals surface area contributed by atoms with Crippen molar-refractivity contribution in [3.8, 4) is 0 Å². The van der Waals surface area contributed by atoms with Crippen LogP contribution in [0.25, 0.3) is 0 Å². The Labute approximate surface area is 94.7 Å². The monoisotopic (exact) mass is 246 g/mol. The van der Waals surface area contributed by atoms with E-state index in [4.69, 9.17) is 5.73 Å². The summed E-state index contributed by atoms with van der Waals surface area (Å²) < 4.78 is 38.7. The number of nitrogen functional groups attached to an aromatic ring is 1. The van der Waals surface area contributed by atoms with Gasteiger partial charge in [0.15, 0.2) is 0 Å². The molecule has 0 aliphatic heterocycles. The predicted molar refractivity (Wildman–Crippen MR) is 60.8 cm³/mol. The number of nitrogens with one attached hydrogen (secondary N) is 1. The molecule has 0 heterocycles. The molecule has 0 bridgehead atoms. The number of hydrogen-bond acceptors (Lipinski definition) is 3. The molecule has 0 amide bonds. The van der Waals surface area contributed by atoms with E-state index in [1.807, 2.05) is 13.8 Å². The van der Waals surface area contributed by atoms with Gasteiger partial charge in [-0.2, -0.15) is 0 Å². The molecule has 4 nitrogen and oxygen atoms in total. The van der Waals surface area contributed by atoms with Crippen LogP contribution >= 0.6 is 0 Å². The maximum absolute atomic E-state index is 12.8. The Morgan fingerprint density at radius 1 is 1.44 bits per heavy atom. The highest BCUT2D eigenvalue weighted by Crippen LogP contribution is 2.18. The Bertz CT molecular complexity index is 472. The maximum Gasteiger partial charge on any atom is 0.242 e. The second kappa shape index (κ2) is 4.80. The minimum Gasteiger partial charge on any atom is -0.398 e. The van der Waals surface area contributed by atoms with Crippen molar-refractivity contribution in [2.75, 3.05) is 12.3 Å². The normalized spacial score (nSPS) is 12.0. The molecular formula is C10H15FN2O2S. The van der Waals surface area contributed by atoms with Gasteiger partial charge in [0.25, 0.3) is 0 Å². The number of anilines is 1. The van der Waals surface area contributed by atoms with Crippen LogP contribution in [-0.2, 0) is 10.0 Å². The van der Waals surface area contributed by atoms with E-state index in [-0.39, 0.29) is 16.5 Å². The summed E-state index contributed by atoms with van der Waals surface area (Å²) in [5, 5.41) is 0. The van der Waals surface area contributed by atoms with Crippen molar-refractivity contribution in [1.82, 2.24) is 4.72 Å². The van der Waals surface area contributed by atoms with Crippen molar-refractivity contribution >= 4 is 15.7 Å². The number of sulfonamides is 1. The Hall–Kier alpha value is -1.14. The molecule has 0 spiro atoms. The highest BCUT2D eigenvalue weighted by Gasteiger charge is 2.17. The van der Waals surface area contributed by atoms with Gasteiger partial charge in [-0.05, 0) is 24.1 Å². The second-order valence-electron chi connectivity index (χ2n) is 3.93. The van der Waals surface area contributed by atoms with Gasteiger partial charge in [-0.3, -0.25) is 0 Å². The summed E-state index contributed by atoms with van der Waals surface area (Å²) in [6.45, 7) is 4.09. The van der Waals surface area contributed by atoms with Crippen molar-refractivity contribution in [3.05, 3.63) is 24.0 Å². The zero-order chi connectivity index (χ0) is 12.3. The second-order valence-corrected chi connectivity index (χ2v) is 5.66. The van der Waals surface area contributed by atoms with Crippen LogP contribution in [0.5, 0.6) is 0 Å². The summed E-state index contributed by atoms with van der Waals surface area (Å²) in [6.07, 6.45) is 0. The molecule has 90 valence electrons. The Balaban J connectivity index is 2.99. The van der Waals surface area contributed by atoms with Gasteiger partial charge in [-0.1, -0.05) is 13.8 Å². The van der Waals surface area contributed by atoms with Crippen LogP contribution in [0, 0.1) is 11.7 Å². The number of rotatable bonds is 4. The fourth-order valence-electron chi connectivity index (χ4n) is 1.12. The summed E-state index contributed by atoms with van der Waals surface area (Å²) in [4.78, 5) is -0.0884. The standard InChI is InChI=1S/C10H15FN2O2S/c1-7(2)6-13-16(14,15)10-4-3-8(11)5-9(10)12/h3-5,7,13H,6,12H2,1-2H3. The first-order valence-corrected chi connectivity index (χ1v) is 6.36. The fourth-order valence-corrected chi connectivity index (χ4v) is 2.44. The van der Waals surface area contributed by atoms with E-state index >= 15 is 0 Å². The van der Waals surface area contributed by atoms with E-state index in [1.165, 1.54) is 0 Å². The number of benzene rings is 1. The zero-order valence-corrected chi connectivity index (χ0v) is 10.0. The van der Waals surface area contributed by atoms with Crippen LogP contribution in [0.3, 0.4) is 0 Å². The minimum atomic E-state index is -3.64. The van der Waals surface area contributed by atoms with Gasteiger partial charge in [0.05, 0.1) is 5.69 Å². The zero-order valence-electron chi connectivity index (χ0n) is 9.20. The third-order valence-electron chi connectivity index (χ3n) is 1.94. The summed E-state index contributed by atoms with van der Waals surface area (Å²) >= 11 is 0. The van der Waals surface area contributed by atoms with Crippen LogP contribution in [0.15, 0.2) is 23.1 Å². The Morgan fingerprint density at radius 2 is 2.06 bits per heavy atom. The summed E-state index contributed by atoms with van der Waals surface area (Å²) in [5.74, 6) is -0.364. The van der Waals surface area contributed by atoms with Crippen LogP contribution < -0.4 is 10.5 Å². The molecular weight excluding hydrogens is 231 g/mol. The SMILES string of the molecule is CC(C)CNS(=O)(=O)c1ccc(F)cc1N. The molecule has 0 aliphatic carbocycles. The highest BCUT2D eigenvalue weighted by atomic mass is 32.2. The van der Waals surface area contributed by atoms with Crippen molar-refractivity contribution in [2.45, 2.75) is 18.7 Å². The summed E-state index contributed by atoms with van der Waals surface area (Å²) in [6, 6.07) is 3.22. The molecule has 0 saturated heterocycles. The predicted octanol–water partition coefficient (Wildman–Crippen LogP) is 1.34. The lowest BCUT2D eigenvalue weighted by molar-refractivity contribution is 0.560. The fraction of sp³-hybridized carbons (Fsp3) is 0.400. The summed E-state index contributed by atoms with van der Waals surface area (Å²) in [5.41, 5.74) is 5.37. The van der Waals surface area contributed by atoms with E-state index in [2.05, 4.69) is 4.72 Å². The van der Waals surface area contributed by atoms with Crippen molar-refractivity contribution in [1.29, 1.82) is 0 Å². The molecule has 16 heavy (non-hydrogen) atoms. The molecule has 3 N–H and O–H groups in total. The number of hydrogen-bond donors (Lipinski definition) is 2. The molecule has 1 rings (SSSR count). The molecule has 0 saturated carbocycles. The molecule has 1 aromatic carbocycles. The lowest BCUT2D eigenvalue weighted by Gasteiger charge is -2.10. The average molecular weight is 246 g/mol. The summed E-state index contributed by atoms with van der Waals surface area (Å²) in [7, 11) is -3.64. The van der Waals surface area contributed by atoms with Gasteiger partial charge in [0, 0.05) is 6.54 Å². The number of halogens is 1. The van der Waals surface area contributed by atoms with Gasteiger partial charge >= 0.3 is 0 Å². The van der Waals surface area contributed by atoms with Gasteiger partial charge < -0.3 is 5.73 Å². The van der Waals surface area contributed by atoms with E-state index in [9.17, 15) is 12.8 Å². The quantitative estimate of drug-likeness (QED) is 0.787. The van der Waals surface area contributed by atoms with Gasteiger partial charge in [0.1, 0.15) is 10.7 Å². The lowest BCUT2D eigenvalue weighted by atomic mass is 10.2. The Morgan fingerprint density at radius 3 is 2.56 bits per heavy atom. The van der Waals surface area contributed by atoms with Crippen LogP contribution in [-0.4, -0.2) is 15.0 Å². The third-order valence-corrected chi connectivity index (χ3v) is 3.44. The highest BCUT2D eigenvalue weighted by molar-refractivity contribution is 7.89. The van der Waals surface area contributed by atoms with E-state index in [1.54, 1.807) is 0 Å². The van der Waals surface area contributed by atoms with Gasteiger partial charge in [-0.15, -0.1) is 0 Å². The molecule has 0 aliphatic rings. The van der Waals surface area contributed by atoms with Crippen molar-refractivity contribution in [3.63, 3.8) is 0 Å². The first kappa shape index (κ1) is 12.9. The molecule has 0 atom stereocenters. The average Bonchev–Trinajstić information content (AvgIpc) is 2.14. The first-order valence-electron chi connectivity index (χ1n) is 4.87. The molecule has 6 heteroatoms. The lowest BCUT2D eigenvalue weighted by Crippen LogP contribution is -2.28. The molecule has 1 aromatic rings. The van der Waals surface area contributed by atoms with Gasteiger partial charge in [-0.25, -0.2) is 17.5 Å². The third kappa shape index (κ3) is 3.18. The van der Waals surface area contributed by atoms with Crippen LogP contribution in [0.4, 0.5) is 10.1 Å². The molecule has 0 fully saturated rings. The van der Waals surface area contributed by atoms with E-state index < -0.39 is 15.8 Å². The van der Waals surface area contributed by atoms with Crippen molar-refractivity contribution < 1.29 is 12.8 Å². The topological polar surface area (TPSA) is 72.2 Å². The smallest absolute Gasteiger partial charge is 0.242 e. The maximum atomic E-state index is 12.8. The van der Waals surface area contributed by atoms with Gasteiger partial charge in [0.2, 0.25) is 10.0 Å². The van der Waals surface area contributed by atoms with E-state index in [0.717, 1.165) is 18.2 Å². The van der Waals surface area contributed by atoms with Crippen LogP contribution in [0.2, 0.25) is 0 Å². The Kier molecular flexibility index (Phi) is 3.88. The molecule has 0 radical (unpaired) electrons. The van der Waals surface area contributed by atoms with E-state index in [0.29, 0.717) is 6.54 Å². The largest absolute Gasteiger partial charge is 0.398 e. The molecule has 0 unspecified atom stereocenters. The van der Waals surface area contributed by atoms with Crippen LogP contribution in [0.1, 0.15) is 13.8 Å². The molecule has 0 aromatic heterocycles. The number of nitrogens with two attached hydrogens (primary N) is 1. The first-order chi connectivity index (χ1) is 7.33.